The highest BCUT2D eigenvalue weighted by Gasteiger charge is 1.80. The maximum Gasteiger partial charge on any atom is 0.373 e. The lowest BCUT2D eigenvalue weighted by Crippen LogP contribution is -2.02. The van der Waals surface area contributed by atoms with Crippen molar-refractivity contribution >= 4 is 19.6 Å². The van der Waals surface area contributed by atoms with Crippen LogP contribution in [0.4, 0.5) is 0 Å². The fourth-order valence-electron chi connectivity index (χ4n) is 0.465. The summed E-state index contributed by atoms with van der Waals surface area (Å²) < 4.78 is 0. The third-order valence-electron chi connectivity index (χ3n) is 0.908. The summed E-state index contributed by atoms with van der Waals surface area (Å²) in [5, 5.41) is 0. The molecule has 11 heavy (non-hydrogen) atoms. The monoisotopic (exact) mass is 180 g/mol. The lowest BCUT2D eigenvalue weighted by Gasteiger charge is -1.91. The van der Waals surface area contributed by atoms with Gasteiger partial charge in [0.1, 0.15) is 0 Å². The molecule has 0 spiro atoms. The number of hydrogen-bond donors (Lipinski definition) is 2. The van der Waals surface area contributed by atoms with Crippen LogP contribution in [0, 0.1) is 0 Å². The van der Waals surface area contributed by atoms with Gasteiger partial charge in [-0.25, -0.2) is 0 Å². The Bertz CT molecular complexity index is 80.7. The summed E-state index contributed by atoms with van der Waals surface area (Å²) >= 11 is 0. The first kappa shape index (κ1) is 16.9. The number of carbonyl (C=O) groups excluding carboxylic acids is 2. The molecule has 5 heteroatoms. The van der Waals surface area contributed by atoms with Gasteiger partial charge in [-0.3, -0.25) is 0 Å². The summed E-state index contributed by atoms with van der Waals surface area (Å²) in [7, 11) is 0. The van der Waals surface area contributed by atoms with Crippen LogP contribution in [-0.4, -0.2) is 19.2 Å². The van der Waals surface area contributed by atoms with Crippen molar-refractivity contribution in [2.45, 2.75) is 19.3 Å². The maximum atomic E-state index is 8.12. The first-order valence-corrected chi connectivity index (χ1v) is 3.22. The number of rotatable bonds is 4. The van der Waals surface area contributed by atoms with E-state index in [4.69, 9.17) is 21.1 Å². The van der Waals surface area contributed by atoms with Crippen molar-refractivity contribution in [3.8, 4) is 0 Å². The zero-order chi connectivity index (χ0) is 8.24. The molecule has 0 heterocycles. The Morgan fingerprint density at radius 1 is 0.909 bits per heavy atom. The molecule has 0 rings (SSSR count). The van der Waals surface area contributed by atoms with Crippen molar-refractivity contribution in [1.82, 2.24) is 0 Å². The average Bonchev–Trinajstić information content (AvgIpc) is 1.91. The van der Waals surface area contributed by atoms with Crippen LogP contribution in [0.5, 0.6) is 0 Å². The Kier molecular flexibility index (Phi) is 34.8. The van der Waals surface area contributed by atoms with Gasteiger partial charge in [-0.2, -0.15) is 23.1 Å². The molecule has 0 aliphatic rings. The van der Waals surface area contributed by atoms with Crippen LogP contribution in [0.2, 0.25) is 0 Å². The molecule has 0 amide bonds. The minimum absolute atomic E-state index is 0. The average molecular weight is 180 g/mol. The molecule has 0 unspecified atom stereocenters. The Morgan fingerprint density at radius 2 is 1.18 bits per heavy atom. The van der Waals surface area contributed by atoms with Gasteiger partial charge in [-0.15, -0.1) is 0 Å². The number of nitrogens with two attached hydrogens (primary N) is 2. The van der Waals surface area contributed by atoms with Crippen molar-refractivity contribution < 1.29 is 9.59 Å². The van der Waals surface area contributed by atoms with E-state index < -0.39 is 0 Å². The third kappa shape index (κ3) is 42.4. The smallest absolute Gasteiger partial charge is 0.330 e. The van der Waals surface area contributed by atoms with Crippen LogP contribution >= 0.6 is 13.5 Å². The molecule has 0 radical (unpaired) electrons. The highest BCUT2D eigenvalue weighted by atomic mass is 32.1. The zero-order valence-corrected chi connectivity index (χ0v) is 7.51. The predicted molar refractivity (Wildman–Crippen MR) is 47.3 cm³/mol. The summed E-state index contributed by atoms with van der Waals surface area (Å²) in [4.78, 5) is 16.2. The SMILES string of the molecule is NCCCCCN.O=C=O.S. The van der Waals surface area contributed by atoms with Crippen LogP contribution in [-0.2, 0) is 9.59 Å². The standard InChI is InChI=1S/C5H14N2.CO2.H2S/c6-4-2-1-3-5-7;2-1-3;/h1-7H2;;1H2. The molecule has 0 atom stereocenters. The van der Waals surface area contributed by atoms with E-state index in [0.717, 1.165) is 25.9 Å². The van der Waals surface area contributed by atoms with Gasteiger partial charge in [0.2, 0.25) is 0 Å². The summed E-state index contributed by atoms with van der Waals surface area (Å²) in [6.07, 6.45) is 3.68. The summed E-state index contributed by atoms with van der Waals surface area (Å²) in [6.45, 7) is 1.61. The van der Waals surface area contributed by atoms with E-state index in [9.17, 15) is 0 Å². The Morgan fingerprint density at radius 3 is 1.36 bits per heavy atom. The van der Waals surface area contributed by atoms with Crippen LogP contribution in [0.15, 0.2) is 0 Å². The van der Waals surface area contributed by atoms with Crippen molar-refractivity contribution in [3.05, 3.63) is 0 Å². The molecular weight excluding hydrogens is 164 g/mol. The molecule has 0 aromatic heterocycles. The molecule has 68 valence electrons. The molecule has 0 fully saturated rings. The van der Waals surface area contributed by atoms with Gasteiger partial charge in [0.25, 0.3) is 0 Å². The Labute approximate surface area is 73.8 Å². The highest BCUT2D eigenvalue weighted by Crippen LogP contribution is 1.88. The van der Waals surface area contributed by atoms with Gasteiger partial charge in [0.15, 0.2) is 0 Å². The molecule has 0 aromatic carbocycles. The van der Waals surface area contributed by atoms with E-state index in [-0.39, 0.29) is 19.6 Å². The van der Waals surface area contributed by atoms with E-state index in [1.165, 1.54) is 6.42 Å². The van der Waals surface area contributed by atoms with Crippen LogP contribution in [0.3, 0.4) is 0 Å². The Balaban J connectivity index is -0.000000140. The van der Waals surface area contributed by atoms with Gasteiger partial charge < -0.3 is 11.5 Å². The first-order chi connectivity index (χ1) is 4.83. The normalized spacial score (nSPS) is 6.73. The highest BCUT2D eigenvalue weighted by molar-refractivity contribution is 7.59. The van der Waals surface area contributed by atoms with Gasteiger partial charge in [-0.05, 0) is 25.9 Å². The van der Waals surface area contributed by atoms with E-state index >= 15 is 0 Å². The van der Waals surface area contributed by atoms with E-state index in [1.54, 1.807) is 0 Å². The molecular formula is C6H16N2O2S. The van der Waals surface area contributed by atoms with E-state index in [0.29, 0.717) is 0 Å². The Hall–Kier alpha value is -0.350. The summed E-state index contributed by atoms with van der Waals surface area (Å²) in [6, 6.07) is 0. The van der Waals surface area contributed by atoms with Crippen molar-refractivity contribution in [2.24, 2.45) is 11.5 Å². The number of hydrogen-bond acceptors (Lipinski definition) is 4. The molecule has 4 nitrogen and oxygen atoms in total. The topological polar surface area (TPSA) is 86.2 Å². The second-order valence-corrected chi connectivity index (χ2v) is 1.72. The van der Waals surface area contributed by atoms with E-state index in [2.05, 4.69) is 0 Å². The first-order valence-electron chi connectivity index (χ1n) is 3.22. The van der Waals surface area contributed by atoms with Gasteiger partial charge >= 0.3 is 6.15 Å². The molecule has 0 bridgehead atoms. The van der Waals surface area contributed by atoms with E-state index in [1.807, 2.05) is 0 Å². The van der Waals surface area contributed by atoms with Crippen LogP contribution in [0.1, 0.15) is 19.3 Å². The third-order valence-corrected chi connectivity index (χ3v) is 0.908. The second-order valence-electron chi connectivity index (χ2n) is 1.72. The lowest BCUT2D eigenvalue weighted by molar-refractivity contribution is -0.191. The van der Waals surface area contributed by atoms with Crippen molar-refractivity contribution in [1.29, 1.82) is 0 Å². The molecule has 0 aromatic rings. The van der Waals surface area contributed by atoms with Gasteiger partial charge in [-0.1, -0.05) is 6.42 Å². The molecule has 0 saturated carbocycles. The summed E-state index contributed by atoms with van der Waals surface area (Å²) in [5.74, 6) is 0. The number of unbranched alkanes of at least 4 members (excludes halogenated alkanes) is 2. The second kappa shape index (κ2) is 22.6. The van der Waals surface area contributed by atoms with Crippen LogP contribution < -0.4 is 11.5 Å². The minimum Gasteiger partial charge on any atom is -0.330 e. The molecule has 0 aliphatic heterocycles. The van der Waals surface area contributed by atoms with Crippen molar-refractivity contribution in [3.63, 3.8) is 0 Å². The molecule has 0 aliphatic carbocycles. The van der Waals surface area contributed by atoms with Gasteiger partial charge in [0.05, 0.1) is 0 Å². The van der Waals surface area contributed by atoms with Crippen LogP contribution in [0.25, 0.3) is 0 Å². The quantitative estimate of drug-likeness (QED) is 0.576. The zero-order valence-electron chi connectivity index (χ0n) is 6.51. The minimum atomic E-state index is 0. The van der Waals surface area contributed by atoms with Gasteiger partial charge in [0, 0.05) is 0 Å². The fraction of sp³-hybridized carbons (Fsp3) is 0.833. The summed E-state index contributed by atoms with van der Waals surface area (Å²) in [5.41, 5.74) is 10.5. The largest absolute Gasteiger partial charge is 0.373 e. The molecule has 4 N–H and O–H groups in total. The maximum absolute atomic E-state index is 8.12. The molecule has 0 saturated heterocycles. The lowest BCUT2D eigenvalue weighted by atomic mass is 10.2. The fourth-order valence-corrected chi connectivity index (χ4v) is 0.465. The van der Waals surface area contributed by atoms with Crippen molar-refractivity contribution in [2.75, 3.05) is 13.1 Å². The predicted octanol–water partition coefficient (Wildman–Crippen LogP) is -0.397.